The van der Waals surface area contributed by atoms with Gasteiger partial charge in [-0.3, -0.25) is 4.79 Å². The molecule has 2 aromatic carbocycles. The summed E-state index contributed by atoms with van der Waals surface area (Å²) in [6.45, 7) is 0. The first-order valence-electron chi connectivity index (χ1n) is 8.78. The Labute approximate surface area is 179 Å². The largest absolute Gasteiger partial charge is 0.430 e. The number of hydrogen-bond donors (Lipinski definition) is 2. The normalized spacial score (nSPS) is 13.3. The Balaban J connectivity index is 2.14. The fourth-order valence-electron chi connectivity index (χ4n) is 2.66. The molecule has 32 heavy (non-hydrogen) atoms. The third-order valence-electron chi connectivity index (χ3n) is 4.47. The Morgan fingerprint density at radius 3 is 1.78 bits per heavy atom. The molecule has 0 atom stereocenters. The number of alkyl halides is 6. The lowest BCUT2D eigenvalue weighted by molar-refractivity contribution is -0.376. The molecule has 0 aromatic heterocycles. The molecule has 0 saturated carbocycles. The quantitative estimate of drug-likeness (QED) is 0.616. The van der Waals surface area contributed by atoms with Crippen molar-refractivity contribution < 1.29 is 44.7 Å². The zero-order valence-corrected chi connectivity index (χ0v) is 17.4. The summed E-state index contributed by atoms with van der Waals surface area (Å²) in [6.07, 6.45) is -12.3. The van der Waals surface area contributed by atoms with Gasteiger partial charge >= 0.3 is 12.4 Å². The van der Waals surface area contributed by atoms with Crippen molar-refractivity contribution in [2.75, 3.05) is 19.4 Å². The molecule has 1 amide bonds. The van der Waals surface area contributed by atoms with Gasteiger partial charge in [0.05, 0.1) is 11.3 Å². The van der Waals surface area contributed by atoms with Crippen molar-refractivity contribution in [3.05, 3.63) is 59.7 Å². The number of nitrogens with zero attached hydrogens (tertiary/aromatic N) is 1. The fraction of sp³-hybridized carbons (Fsp3) is 0.316. The lowest BCUT2D eigenvalue weighted by Gasteiger charge is -2.32. The van der Waals surface area contributed by atoms with Crippen LogP contribution in [0.3, 0.4) is 0 Å². The molecule has 176 valence electrons. The summed E-state index contributed by atoms with van der Waals surface area (Å²) in [5.74, 6) is -0.650. The van der Waals surface area contributed by atoms with Crippen LogP contribution in [-0.2, 0) is 26.8 Å². The van der Waals surface area contributed by atoms with Crippen molar-refractivity contribution in [3.8, 4) is 0 Å². The van der Waals surface area contributed by atoms with Crippen LogP contribution in [0.2, 0.25) is 0 Å². The smallest absolute Gasteiger partial charge is 0.369 e. The van der Waals surface area contributed by atoms with E-state index in [9.17, 15) is 44.7 Å². The zero-order chi connectivity index (χ0) is 24.5. The highest BCUT2D eigenvalue weighted by Gasteiger charge is 2.71. The van der Waals surface area contributed by atoms with Crippen LogP contribution < -0.4 is 5.32 Å². The number of halogens is 6. The van der Waals surface area contributed by atoms with E-state index in [0.717, 1.165) is 16.4 Å². The zero-order valence-electron chi connectivity index (χ0n) is 16.6. The minimum Gasteiger partial charge on any atom is -0.369 e. The molecule has 0 heterocycles. The van der Waals surface area contributed by atoms with Gasteiger partial charge in [-0.25, -0.2) is 12.7 Å². The SMILES string of the molecule is CN(C)S(=O)(=O)c1ccc(CC(=O)Nc2ccc(C(O)(C(F)(F)F)C(F)(F)F)cc2)cc1. The summed E-state index contributed by atoms with van der Waals surface area (Å²) >= 11 is 0. The lowest BCUT2D eigenvalue weighted by atomic mass is 9.92. The molecule has 0 fully saturated rings. The van der Waals surface area contributed by atoms with E-state index < -0.39 is 39.4 Å². The van der Waals surface area contributed by atoms with E-state index in [2.05, 4.69) is 5.32 Å². The maximum Gasteiger partial charge on any atom is 0.430 e. The van der Waals surface area contributed by atoms with Crippen LogP contribution in [0.25, 0.3) is 0 Å². The number of hydrogen-bond acceptors (Lipinski definition) is 4. The minimum absolute atomic E-state index is 0.00376. The Hall–Kier alpha value is -2.64. The highest BCUT2D eigenvalue weighted by Crippen LogP contribution is 2.50. The number of amides is 1. The number of sulfonamides is 1. The average molecular weight is 484 g/mol. The summed E-state index contributed by atoms with van der Waals surface area (Å²) in [6, 6.07) is 7.79. The van der Waals surface area contributed by atoms with Gasteiger partial charge in [-0.2, -0.15) is 26.3 Å². The van der Waals surface area contributed by atoms with Crippen LogP contribution in [0.4, 0.5) is 32.0 Å². The molecule has 0 bridgehead atoms. The van der Waals surface area contributed by atoms with Gasteiger partial charge in [0, 0.05) is 25.3 Å². The summed E-state index contributed by atoms with van der Waals surface area (Å²) in [5.41, 5.74) is -6.19. The summed E-state index contributed by atoms with van der Waals surface area (Å²) in [5, 5.41) is 11.7. The van der Waals surface area contributed by atoms with Gasteiger partial charge in [0.25, 0.3) is 5.60 Å². The molecule has 2 N–H and O–H groups in total. The predicted molar refractivity (Wildman–Crippen MR) is 102 cm³/mol. The molecule has 2 aromatic rings. The van der Waals surface area contributed by atoms with Crippen LogP contribution in [0.15, 0.2) is 53.4 Å². The molecule has 0 unspecified atom stereocenters. The maximum atomic E-state index is 12.9. The Bertz CT molecular complexity index is 1050. The van der Waals surface area contributed by atoms with E-state index in [0.29, 0.717) is 17.7 Å². The first-order valence-corrected chi connectivity index (χ1v) is 10.2. The maximum absolute atomic E-state index is 12.9. The van der Waals surface area contributed by atoms with Crippen molar-refractivity contribution >= 4 is 21.6 Å². The van der Waals surface area contributed by atoms with E-state index in [1.165, 1.54) is 38.4 Å². The van der Waals surface area contributed by atoms with Crippen molar-refractivity contribution in [3.63, 3.8) is 0 Å². The number of carbonyl (C=O) groups excluding carboxylic acids is 1. The molecule has 0 aliphatic heterocycles. The first-order chi connectivity index (χ1) is 14.5. The second kappa shape index (κ2) is 8.71. The van der Waals surface area contributed by atoms with Gasteiger partial charge in [-0.15, -0.1) is 0 Å². The average Bonchev–Trinajstić information content (AvgIpc) is 2.66. The topological polar surface area (TPSA) is 86.7 Å². The highest BCUT2D eigenvalue weighted by atomic mass is 32.2. The van der Waals surface area contributed by atoms with E-state index >= 15 is 0 Å². The van der Waals surface area contributed by atoms with E-state index in [4.69, 9.17) is 0 Å². The molecule has 0 aliphatic rings. The number of anilines is 1. The minimum atomic E-state index is -6.01. The van der Waals surface area contributed by atoms with E-state index in [1.54, 1.807) is 0 Å². The van der Waals surface area contributed by atoms with Crippen molar-refractivity contribution in [1.29, 1.82) is 0 Å². The Kier molecular flexibility index (Phi) is 6.98. The monoisotopic (exact) mass is 484 g/mol. The summed E-state index contributed by atoms with van der Waals surface area (Å²) in [4.78, 5) is 12.1. The molecule has 2 rings (SSSR count). The molecule has 13 heteroatoms. The third-order valence-corrected chi connectivity index (χ3v) is 6.30. The van der Waals surface area contributed by atoms with Crippen LogP contribution in [0.5, 0.6) is 0 Å². The van der Waals surface area contributed by atoms with Gasteiger partial charge in [0.15, 0.2) is 0 Å². The lowest BCUT2D eigenvalue weighted by Crippen LogP contribution is -2.53. The molecule has 0 radical (unpaired) electrons. The van der Waals surface area contributed by atoms with Crippen LogP contribution in [-0.4, -0.2) is 50.2 Å². The second-order valence-electron chi connectivity index (χ2n) is 6.94. The number of benzene rings is 2. The molecule has 6 nitrogen and oxygen atoms in total. The van der Waals surface area contributed by atoms with Gasteiger partial charge < -0.3 is 10.4 Å². The Morgan fingerprint density at radius 1 is 0.906 bits per heavy atom. The third kappa shape index (κ3) is 5.05. The number of carbonyl (C=O) groups is 1. The van der Waals surface area contributed by atoms with Crippen molar-refractivity contribution in [1.82, 2.24) is 4.31 Å². The van der Waals surface area contributed by atoms with Crippen LogP contribution >= 0.6 is 0 Å². The highest BCUT2D eigenvalue weighted by molar-refractivity contribution is 7.89. The van der Waals surface area contributed by atoms with E-state index in [1.807, 2.05) is 0 Å². The fourth-order valence-corrected chi connectivity index (χ4v) is 3.57. The van der Waals surface area contributed by atoms with Gasteiger partial charge in [0.2, 0.25) is 15.9 Å². The van der Waals surface area contributed by atoms with Crippen LogP contribution in [0.1, 0.15) is 11.1 Å². The van der Waals surface area contributed by atoms with Crippen molar-refractivity contribution in [2.45, 2.75) is 29.3 Å². The van der Waals surface area contributed by atoms with Gasteiger partial charge in [-0.1, -0.05) is 24.3 Å². The standard InChI is InChI=1S/C19H18F6N2O4S/c1-27(2)32(30,31)15-9-3-12(4-10-15)11-16(28)26-14-7-5-13(6-8-14)17(29,18(20,21)22)19(23,24)25/h3-10,29H,11H2,1-2H3,(H,26,28). The van der Waals surface area contributed by atoms with Gasteiger partial charge in [0.1, 0.15) is 0 Å². The molecule has 0 saturated heterocycles. The number of nitrogens with one attached hydrogen (secondary N) is 1. The summed E-state index contributed by atoms with van der Waals surface area (Å²) in [7, 11) is -0.949. The van der Waals surface area contributed by atoms with E-state index in [-0.39, 0.29) is 17.0 Å². The predicted octanol–water partition coefficient (Wildman–Crippen LogP) is 3.43. The number of rotatable bonds is 6. The number of aliphatic hydroxyl groups is 1. The molecule has 0 aliphatic carbocycles. The van der Waals surface area contributed by atoms with Crippen molar-refractivity contribution in [2.24, 2.45) is 0 Å². The summed E-state index contributed by atoms with van der Waals surface area (Å²) < 4.78 is 102. The first kappa shape index (κ1) is 25.6. The molecular formula is C19H18F6N2O4S. The molecular weight excluding hydrogens is 466 g/mol. The van der Waals surface area contributed by atoms with Crippen LogP contribution in [0, 0.1) is 0 Å². The molecule has 0 spiro atoms. The Morgan fingerprint density at radius 2 is 1.38 bits per heavy atom. The van der Waals surface area contributed by atoms with Gasteiger partial charge in [-0.05, 0) is 29.8 Å². The second-order valence-corrected chi connectivity index (χ2v) is 9.09.